The van der Waals surface area contributed by atoms with Crippen LogP contribution in [-0.2, 0) is 0 Å². The van der Waals surface area contributed by atoms with Gasteiger partial charge in [-0.05, 0) is 25.1 Å². The van der Waals surface area contributed by atoms with Crippen LogP contribution in [0.25, 0.3) is 0 Å². The van der Waals surface area contributed by atoms with Gasteiger partial charge in [-0.2, -0.15) is 0 Å². The molecule has 1 nitrogen and oxygen atoms in total. The minimum absolute atomic E-state index is 0.00133. The molecular formula is C9H7BrCl2O. The predicted octanol–water partition coefficient (Wildman–Crippen LogP) is 3.96. The van der Waals surface area contributed by atoms with Crippen molar-refractivity contribution in [3.63, 3.8) is 0 Å². The van der Waals surface area contributed by atoms with Crippen LogP contribution in [0.2, 0.25) is 10.0 Å². The summed E-state index contributed by atoms with van der Waals surface area (Å²) in [4.78, 5) is 11.3. The van der Waals surface area contributed by atoms with Crippen LogP contribution >= 0.6 is 39.1 Å². The fourth-order valence-corrected chi connectivity index (χ4v) is 1.44. The van der Waals surface area contributed by atoms with Gasteiger partial charge in [-0.25, -0.2) is 0 Å². The van der Waals surface area contributed by atoms with Crippen LogP contribution in [0.3, 0.4) is 0 Å². The summed E-state index contributed by atoms with van der Waals surface area (Å²) in [6.45, 7) is 1.77. The summed E-state index contributed by atoms with van der Waals surface area (Å²) >= 11 is 14.7. The highest BCUT2D eigenvalue weighted by Crippen LogP contribution is 2.23. The summed E-state index contributed by atoms with van der Waals surface area (Å²) < 4.78 is 0. The van der Waals surface area contributed by atoms with Crippen LogP contribution in [-0.4, -0.2) is 10.6 Å². The molecule has 0 heterocycles. The van der Waals surface area contributed by atoms with E-state index in [0.717, 1.165) is 0 Å². The molecule has 0 aliphatic carbocycles. The second-order valence-electron chi connectivity index (χ2n) is 2.61. The van der Waals surface area contributed by atoms with E-state index in [1.165, 1.54) is 0 Å². The van der Waals surface area contributed by atoms with Crippen LogP contribution in [0.4, 0.5) is 0 Å². The highest BCUT2D eigenvalue weighted by molar-refractivity contribution is 9.10. The molecule has 4 heteroatoms. The smallest absolute Gasteiger partial charge is 0.176 e. The summed E-state index contributed by atoms with van der Waals surface area (Å²) in [5.41, 5.74) is 0.568. The van der Waals surface area contributed by atoms with Gasteiger partial charge < -0.3 is 0 Å². The monoisotopic (exact) mass is 280 g/mol. The third kappa shape index (κ3) is 2.70. The topological polar surface area (TPSA) is 17.1 Å². The molecule has 0 saturated heterocycles. The minimum Gasteiger partial charge on any atom is -0.293 e. The van der Waals surface area contributed by atoms with Crippen LogP contribution in [0.15, 0.2) is 18.2 Å². The highest BCUT2D eigenvalue weighted by Gasteiger charge is 2.12. The maximum absolute atomic E-state index is 11.5. The summed E-state index contributed by atoms with van der Waals surface area (Å²) in [7, 11) is 0. The largest absolute Gasteiger partial charge is 0.293 e. The number of ketones is 1. The van der Waals surface area contributed by atoms with Crippen molar-refractivity contribution in [1.29, 1.82) is 0 Å². The number of halogens is 3. The molecule has 0 amide bonds. The van der Waals surface area contributed by atoms with E-state index in [9.17, 15) is 4.79 Å². The first-order valence-corrected chi connectivity index (χ1v) is 5.33. The lowest BCUT2D eigenvalue weighted by atomic mass is 10.1. The quantitative estimate of drug-likeness (QED) is 0.592. The second kappa shape index (κ2) is 4.45. The van der Waals surface area contributed by atoms with E-state index in [4.69, 9.17) is 23.2 Å². The molecule has 0 saturated carbocycles. The third-order valence-electron chi connectivity index (χ3n) is 1.57. The molecule has 1 aromatic carbocycles. The van der Waals surface area contributed by atoms with Crippen LogP contribution in [0.5, 0.6) is 0 Å². The number of rotatable bonds is 2. The van der Waals surface area contributed by atoms with E-state index < -0.39 is 0 Å². The molecule has 0 N–H and O–H groups in total. The van der Waals surface area contributed by atoms with Gasteiger partial charge in [0.05, 0.1) is 14.9 Å². The Balaban J connectivity index is 3.04. The zero-order valence-electron chi connectivity index (χ0n) is 6.85. The molecule has 0 unspecified atom stereocenters. The Hall–Kier alpha value is -0.0500. The van der Waals surface area contributed by atoms with E-state index in [-0.39, 0.29) is 10.6 Å². The lowest BCUT2D eigenvalue weighted by Gasteiger charge is -2.03. The fourth-order valence-electron chi connectivity index (χ4n) is 0.879. The zero-order chi connectivity index (χ0) is 10.0. The van der Waals surface area contributed by atoms with Gasteiger partial charge in [0.2, 0.25) is 0 Å². The molecule has 0 spiro atoms. The van der Waals surface area contributed by atoms with Gasteiger partial charge in [0.15, 0.2) is 5.78 Å². The number of benzene rings is 1. The van der Waals surface area contributed by atoms with Crippen LogP contribution < -0.4 is 0 Å². The summed E-state index contributed by atoms with van der Waals surface area (Å²) in [5.74, 6) is -0.00133. The summed E-state index contributed by atoms with van der Waals surface area (Å²) in [6.07, 6.45) is 0. The van der Waals surface area contributed by atoms with Gasteiger partial charge in [0.1, 0.15) is 0 Å². The molecule has 70 valence electrons. The lowest BCUT2D eigenvalue weighted by Crippen LogP contribution is -2.09. The first-order chi connectivity index (χ1) is 6.02. The van der Waals surface area contributed by atoms with Crippen molar-refractivity contribution in [3.05, 3.63) is 33.8 Å². The van der Waals surface area contributed by atoms with Gasteiger partial charge >= 0.3 is 0 Å². The van der Waals surface area contributed by atoms with Gasteiger partial charge in [-0.3, -0.25) is 4.79 Å². The van der Waals surface area contributed by atoms with E-state index in [0.29, 0.717) is 15.6 Å². The number of Topliss-reactive ketones (excluding diaryl/α,β-unsaturated/α-hetero) is 1. The number of carbonyl (C=O) groups excluding carboxylic acids is 1. The van der Waals surface area contributed by atoms with E-state index in [1.807, 2.05) is 0 Å². The molecule has 1 rings (SSSR count). The molecule has 0 aliphatic rings. The molecule has 0 aliphatic heterocycles. The summed E-state index contributed by atoms with van der Waals surface area (Å²) in [5, 5.41) is 0.862. The molecule has 13 heavy (non-hydrogen) atoms. The van der Waals surface area contributed by atoms with Crippen molar-refractivity contribution in [1.82, 2.24) is 0 Å². The van der Waals surface area contributed by atoms with Crippen molar-refractivity contribution in [2.75, 3.05) is 0 Å². The SMILES string of the molecule is C[C@@H](Br)C(=O)c1ccc(Cl)c(Cl)c1. The fraction of sp³-hybridized carbons (Fsp3) is 0.222. The van der Waals surface area contributed by atoms with Gasteiger partial charge in [0, 0.05) is 5.56 Å². The maximum atomic E-state index is 11.5. The Bertz CT molecular complexity index is 336. The second-order valence-corrected chi connectivity index (χ2v) is 4.80. The van der Waals surface area contributed by atoms with Crippen molar-refractivity contribution in [2.45, 2.75) is 11.8 Å². The van der Waals surface area contributed by atoms with E-state index >= 15 is 0 Å². The van der Waals surface area contributed by atoms with Crippen LogP contribution in [0.1, 0.15) is 17.3 Å². The number of hydrogen-bond donors (Lipinski definition) is 0. The summed E-state index contributed by atoms with van der Waals surface area (Å²) in [6, 6.07) is 4.85. The van der Waals surface area contributed by atoms with E-state index in [1.54, 1.807) is 25.1 Å². The third-order valence-corrected chi connectivity index (χ3v) is 2.72. The number of carbonyl (C=O) groups is 1. The predicted molar refractivity (Wildman–Crippen MR) is 59.2 cm³/mol. The van der Waals surface area contributed by atoms with Gasteiger partial charge in [-0.1, -0.05) is 39.1 Å². The minimum atomic E-state index is -0.204. The Labute approximate surface area is 95.2 Å². The van der Waals surface area contributed by atoms with Gasteiger partial charge in [0.25, 0.3) is 0 Å². The van der Waals surface area contributed by atoms with Gasteiger partial charge in [-0.15, -0.1) is 0 Å². The normalized spacial score (nSPS) is 12.6. The maximum Gasteiger partial charge on any atom is 0.176 e. The van der Waals surface area contributed by atoms with Crippen molar-refractivity contribution in [2.24, 2.45) is 0 Å². The standard InChI is InChI=1S/C9H7BrCl2O/c1-5(10)9(13)6-2-3-7(11)8(12)4-6/h2-5H,1H3/t5-/m1/s1. The van der Waals surface area contributed by atoms with E-state index in [2.05, 4.69) is 15.9 Å². The first kappa shape index (κ1) is 11.0. The molecule has 1 aromatic rings. The Morgan fingerprint density at radius 2 is 2.00 bits per heavy atom. The molecule has 1 atom stereocenters. The zero-order valence-corrected chi connectivity index (χ0v) is 9.95. The molecule has 0 radical (unpaired) electrons. The van der Waals surface area contributed by atoms with Crippen molar-refractivity contribution >= 4 is 44.9 Å². The average molecular weight is 282 g/mol. The number of hydrogen-bond acceptors (Lipinski definition) is 1. The lowest BCUT2D eigenvalue weighted by molar-refractivity contribution is 0.0996. The van der Waals surface area contributed by atoms with Crippen LogP contribution in [0, 0.1) is 0 Å². The Kier molecular flexibility index (Phi) is 3.77. The first-order valence-electron chi connectivity index (χ1n) is 3.65. The molecule has 0 fully saturated rings. The van der Waals surface area contributed by atoms with Crippen molar-refractivity contribution in [3.8, 4) is 0 Å². The Morgan fingerprint density at radius 3 is 2.46 bits per heavy atom. The molecule has 0 aromatic heterocycles. The highest BCUT2D eigenvalue weighted by atomic mass is 79.9. The van der Waals surface area contributed by atoms with Crippen molar-refractivity contribution < 1.29 is 4.79 Å². The Morgan fingerprint density at radius 1 is 1.38 bits per heavy atom. The number of alkyl halides is 1. The molecular weight excluding hydrogens is 275 g/mol. The average Bonchev–Trinajstić information content (AvgIpc) is 2.08. The molecule has 0 bridgehead atoms.